The summed E-state index contributed by atoms with van der Waals surface area (Å²) in [6.45, 7) is 6.10. The van der Waals surface area contributed by atoms with Gasteiger partial charge >= 0.3 is 0 Å². The van der Waals surface area contributed by atoms with E-state index in [1.165, 1.54) is 0 Å². The van der Waals surface area contributed by atoms with Crippen molar-refractivity contribution in [1.29, 1.82) is 0 Å². The van der Waals surface area contributed by atoms with Crippen LogP contribution in [0.15, 0.2) is 36.9 Å². The van der Waals surface area contributed by atoms with E-state index < -0.39 is 0 Å². The first-order valence-electron chi connectivity index (χ1n) is 7.30. The van der Waals surface area contributed by atoms with Gasteiger partial charge in [0.15, 0.2) is 0 Å². The molecule has 3 aromatic rings. The SMILES string of the molecule is Cc1nc(C)n(-c2ncc(NC(=O)Cn3cccc3)cn2)c1C. The third-order valence-electron chi connectivity index (χ3n) is 3.63. The van der Waals surface area contributed by atoms with Crippen molar-refractivity contribution in [3.05, 3.63) is 54.1 Å². The molecule has 0 aliphatic rings. The van der Waals surface area contributed by atoms with Crippen LogP contribution in [0.1, 0.15) is 17.2 Å². The zero-order chi connectivity index (χ0) is 16.4. The highest BCUT2D eigenvalue weighted by atomic mass is 16.1. The molecule has 3 aromatic heterocycles. The Labute approximate surface area is 134 Å². The predicted octanol–water partition coefficient (Wildman–Crippen LogP) is 2.03. The summed E-state index contributed by atoms with van der Waals surface area (Å²) in [4.78, 5) is 25.0. The van der Waals surface area contributed by atoms with Crippen molar-refractivity contribution in [2.75, 3.05) is 5.32 Å². The Morgan fingerprint density at radius 3 is 2.35 bits per heavy atom. The van der Waals surface area contributed by atoms with E-state index in [9.17, 15) is 4.79 Å². The van der Waals surface area contributed by atoms with Crippen LogP contribution in [0, 0.1) is 20.8 Å². The summed E-state index contributed by atoms with van der Waals surface area (Å²) in [5.74, 6) is 1.26. The van der Waals surface area contributed by atoms with E-state index in [2.05, 4.69) is 20.3 Å². The number of nitrogens with zero attached hydrogens (tertiary/aromatic N) is 5. The molecule has 0 fully saturated rings. The molecule has 3 rings (SSSR count). The standard InChI is InChI=1S/C16H18N6O/c1-11-12(2)22(13(3)19-11)16-17-8-14(9-18-16)20-15(23)10-21-6-4-5-7-21/h4-9H,10H2,1-3H3,(H,20,23). The number of amides is 1. The van der Waals surface area contributed by atoms with Crippen LogP contribution in [0.25, 0.3) is 5.95 Å². The number of hydrogen-bond donors (Lipinski definition) is 1. The van der Waals surface area contributed by atoms with Gasteiger partial charge in [-0.05, 0) is 32.9 Å². The summed E-state index contributed by atoms with van der Waals surface area (Å²) in [7, 11) is 0. The van der Waals surface area contributed by atoms with Gasteiger partial charge in [0.05, 0.1) is 23.8 Å². The van der Waals surface area contributed by atoms with E-state index in [0.29, 0.717) is 11.6 Å². The third-order valence-corrected chi connectivity index (χ3v) is 3.63. The van der Waals surface area contributed by atoms with Crippen LogP contribution < -0.4 is 5.32 Å². The van der Waals surface area contributed by atoms with Crippen molar-refractivity contribution in [3.8, 4) is 5.95 Å². The highest BCUT2D eigenvalue weighted by Gasteiger charge is 2.11. The number of imidazole rings is 1. The number of hydrogen-bond acceptors (Lipinski definition) is 4. The molecule has 1 amide bonds. The maximum atomic E-state index is 11.9. The van der Waals surface area contributed by atoms with E-state index in [4.69, 9.17) is 0 Å². The quantitative estimate of drug-likeness (QED) is 0.800. The molecule has 3 heterocycles. The van der Waals surface area contributed by atoms with Crippen LogP contribution in [0.5, 0.6) is 0 Å². The Morgan fingerprint density at radius 1 is 1.13 bits per heavy atom. The Kier molecular flexibility index (Phi) is 3.92. The number of nitrogens with one attached hydrogen (secondary N) is 1. The molecule has 0 atom stereocenters. The Morgan fingerprint density at radius 2 is 1.78 bits per heavy atom. The van der Waals surface area contributed by atoms with Gasteiger partial charge in [-0.1, -0.05) is 0 Å². The zero-order valence-corrected chi connectivity index (χ0v) is 13.3. The summed E-state index contributed by atoms with van der Waals surface area (Å²) < 4.78 is 3.69. The molecule has 0 bridgehead atoms. The van der Waals surface area contributed by atoms with Crippen molar-refractivity contribution in [1.82, 2.24) is 24.1 Å². The largest absolute Gasteiger partial charge is 0.345 e. The molecule has 7 nitrogen and oxygen atoms in total. The molecule has 0 saturated carbocycles. The first-order chi connectivity index (χ1) is 11.0. The topological polar surface area (TPSA) is 77.6 Å². The maximum absolute atomic E-state index is 11.9. The summed E-state index contributed by atoms with van der Waals surface area (Å²) in [5.41, 5.74) is 2.53. The van der Waals surface area contributed by atoms with Gasteiger partial charge in [0.2, 0.25) is 11.9 Å². The molecule has 23 heavy (non-hydrogen) atoms. The highest BCUT2D eigenvalue weighted by Crippen LogP contribution is 2.14. The van der Waals surface area contributed by atoms with Crippen molar-refractivity contribution >= 4 is 11.6 Å². The minimum Gasteiger partial charge on any atom is -0.345 e. The van der Waals surface area contributed by atoms with E-state index in [1.54, 1.807) is 17.0 Å². The lowest BCUT2D eigenvalue weighted by atomic mass is 10.4. The van der Waals surface area contributed by atoms with Crippen molar-refractivity contribution < 1.29 is 4.79 Å². The van der Waals surface area contributed by atoms with Crippen molar-refractivity contribution in [2.45, 2.75) is 27.3 Å². The number of rotatable bonds is 4. The lowest BCUT2D eigenvalue weighted by Crippen LogP contribution is -2.18. The Balaban J connectivity index is 1.73. The van der Waals surface area contributed by atoms with Gasteiger partial charge in [-0.25, -0.2) is 15.0 Å². The van der Waals surface area contributed by atoms with Gasteiger partial charge in [0.1, 0.15) is 12.4 Å². The zero-order valence-electron chi connectivity index (χ0n) is 13.3. The van der Waals surface area contributed by atoms with Gasteiger partial charge in [-0.3, -0.25) is 9.36 Å². The van der Waals surface area contributed by atoms with Crippen LogP contribution in [-0.2, 0) is 11.3 Å². The number of carbonyl (C=O) groups excluding carboxylic acids is 1. The van der Waals surface area contributed by atoms with Gasteiger partial charge in [0.25, 0.3) is 0 Å². The average molecular weight is 310 g/mol. The second-order valence-corrected chi connectivity index (χ2v) is 5.34. The fourth-order valence-corrected chi connectivity index (χ4v) is 2.42. The monoisotopic (exact) mass is 310 g/mol. The number of aromatic nitrogens is 5. The highest BCUT2D eigenvalue weighted by molar-refractivity contribution is 5.90. The number of aryl methyl sites for hydroxylation is 2. The van der Waals surface area contributed by atoms with Crippen LogP contribution in [0.4, 0.5) is 5.69 Å². The second kappa shape index (κ2) is 6.04. The molecular formula is C16H18N6O. The van der Waals surface area contributed by atoms with Crippen LogP contribution in [0.3, 0.4) is 0 Å². The van der Waals surface area contributed by atoms with Crippen LogP contribution in [0.2, 0.25) is 0 Å². The molecule has 1 N–H and O–H groups in total. The fraction of sp³-hybridized carbons (Fsp3) is 0.250. The van der Waals surface area contributed by atoms with E-state index in [-0.39, 0.29) is 12.5 Å². The second-order valence-electron chi connectivity index (χ2n) is 5.34. The number of carbonyl (C=O) groups is 1. The molecule has 0 aliphatic carbocycles. The van der Waals surface area contributed by atoms with E-state index in [1.807, 2.05) is 49.9 Å². The van der Waals surface area contributed by atoms with Crippen LogP contribution in [-0.4, -0.2) is 30.0 Å². The first-order valence-corrected chi connectivity index (χ1v) is 7.30. The summed E-state index contributed by atoms with van der Waals surface area (Å²) in [5, 5.41) is 2.78. The fourth-order valence-electron chi connectivity index (χ4n) is 2.42. The molecular weight excluding hydrogens is 292 g/mol. The van der Waals surface area contributed by atoms with Crippen molar-refractivity contribution in [3.63, 3.8) is 0 Å². The predicted molar refractivity (Wildman–Crippen MR) is 86.4 cm³/mol. The maximum Gasteiger partial charge on any atom is 0.244 e. The van der Waals surface area contributed by atoms with E-state index >= 15 is 0 Å². The van der Waals surface area contributed by atoms with Gasteiger partial charge in [-0.2, -0.15) is 0 Å². The molecule has 0 aromatic carbocycles. The Hall–Kier alpha value is -2.96. The lowest BCUT2D eigenvalue weighted by molar-refractivity contribution is -0.116. The molecule has 0 unspecified atom stereocenters. The van der Waals surface area contributed by atoms with Crippen LogP contribution >= 0.6 is 0 Å². The van der Waals surface area contributed by atoms with Crippen molar-refractivity contribution in [2.24, 2.45) is 0 Å². The summed E-state index contributed by atoms with van der Waals surface area (Å²) in [6.07, 6.45) is 6.88. The first kappa shape index (κ1) is 15.0. The minimum absolute atomic E-state index is 0.122. The number of anilines is 1. The van der Waals surface area contributed by atoms with Gasteiger partial charge in [-0.15, -0.1) is 0 Å². The minimum atomic E-state index is -0.122. The summed E-state index contributed by atoms with van der Waals surface area (Å²) >= 11 is 0. The normalized spacial score (nSPS) is 10.7. The average Bonchev–Trinajstić information content (AvgIpc) is 3.09. The molecule has 0 aliphatic heterocycles. The smallest absolute Gasteiger partial charge is 0.244 e. The molecule has 0 saturated heterocycles. The molecule has 0 spiro atoms. The molecule has 0 radical (unpaired) electrons. The van der Waals surface area contributed by atoms with Gasteiger partial charge in [0, 0.05) is 18.1 Å². The third kappa shape index (κ3) is 3.13. The van der Waals surface area contributed by atoms with Gasteiger partial charge < -0.3 is 9.88 Å². The molecule has 118 valence electrons. The Bertz CT molecular complexity index is 817. The lowest BCUT2D eigenvalue weighted by Gasteiger charge is -2.08. The molecule has 7 heteroatoms. The summed E-state index contributed by atoms with van der Waals surface area (Å²) in [6, 6.07) is 3.76. The van der Waals surface area contributed by atoms with E-state index in [0.717, 1.165) is 17.2 Å².